The molecule has 5 rings (SSSR count). The molecule has 6 heteroatoms. The highest BCUT2D eigenvalue weighted by Gasteiger charge is 2.35. The van der Waals surface area contributed by atoms with Gasteiger partial charge in [0.1, 0.15) is 0 Å². The number of imidazole rings is 1. The minimum atomic E-state index is -0.245. The van der Waals surface area contributed by atoms with Crippen molar-refractivity contribution in [2.45, 2.75) is 38.4 Å². The first-order valence-electron chi connectivity index (χ1n) is 9.99. The zero-order chi connectivity index (χ0) is 20.1. The molecular formula is C23H23N3O3. The number of hydrogen-bond acceptors (Lipinski definition) is 3. The average molecular weight is 389 g/mol. The molecule has 1 fully saturated rings. The van der Waals surface area contributed by atoms with Crippen LogP contribution >= 0.6 is 0 Å². The first kappa shape index (κ1) is 17.8. The number of benzene rings is 2. The molecule has 0 atom stereocenters. The Hall–Kier alpha value is -3.28. The summed E-state index contributed by atoms with van der Waals surface area (Å²) in [5.41, 5.74) is 4.84. The summed E-state index contributed by atoms with van der Waals surface area (Å²) in [5, 5.41) is 9.67. The first-order chi connectivity index (χ1) is 14.0. The van der Waals surface area contributed by atoms with Crippen LogP contribution in [0.5, 0.6) is 5.88 Å². The van der Waals surface area contributed by atoms with E-state index in [0.717, 1.165) is 40.7 Å². The van der Waals surface area contributed by atoms with Crippen LogP contribution < -0.4 is 5.69 Å². The Morgan fingerprint density at radius 2 is 1.76 bits per heavy atom. The van der Waals surface area contributed by atoms with Crippen molar-refractivity contribution in [3.63, 3.8) is 0 Å². The van der Waals surface area contributed by atoms with E-state index in [2.05, 4.69) is 6.07 Å². The van der Waals surface area contributed by atoms with Crippen molar-refractivity contribution in [3.05, 3.63) is 75.8 Å². The van der Waals surface area contributed by atoms with Crippen LogP contribution in [0, 0.1) is 0 Å². The fraction of sp³-hybridized carbons (Fsp3) is 0.304. The van der Waals surface area contributed by atoms with Crippen molar-refractivity contribution >= 4 is 5.91 Å². The quantitative estimate of drug-likeness (QED) is 0.746. The van der Waals surface area contributed by atoms with Crippen LogP contribution in [0.2, 0.25) is 0 Å². The zero-order valence-corrected chi connectivity index (χ0v) is 16.3. The lowest BCUT2D eigenvalue weighted by atomic mass is 9.92. The number of hydrogen-bond donors (Lipinski definition) is 1. The van der Waals surface area contributed by atoms with E-state index in [-0.39, 0.29) is 17.5 Å². The first-order valence-corrected chi connectivity index (χ1v) is 9.99. The molecule has 0 unspecified atom stereocenters. The van der Waals surface area contributed by atoms with Crippen LogP contribution in [0.25, 0.3) is 11.1 Å². The van der Waals surface area contributed by atoms with Gasteiger partial charge in [0, 0.05) is 25.2 Å². The maximum Gasteiger partial charge on any atom is 0.331 e. The molecule has 2 aromatic carbocycles. The third-order valence-corrected chi connectivity index (χ3v) is 6.24. The van der Waals surface area contributed by atoms with E-state index in [9.17, 15) is 14.7 Å². The SMILES string of the molecule is Cn1c(O)cn(Cc2ccc(-c3ccc4c(c3)CN(C3CCC3)C4=O)cc2)c1=O. The molecule has 1 aliphatic carbocycles. The number of nitrogens with zero attached hydrogens (tertiary/aromatic N) is 3. The molecule has 6 nitrogen and oxygen atoms in total. The monoisotopic (exact) mass is 389 g/mol. The van der Waals surface area contributed by atoms with Crippen molar-refractivity contribution in [1.82, 2.24) is 14.0 Å². The lowest BCUT2D eigenvalue weighted by molar-refractivity contribution is 0.0606. The summed E-state index contributed by atoms with van der Waals surface area (Å²) in [6.45, 7) is 1.12. The summed E-state index contributed by atoms with van der Waals surface area (Å²) in [7, 11) is 1.54. The van der Waals surface area contributed by atoms with Gasteiger partial charge < -0.3 is 10.0 Å². The predicted octanol–water partition coefficient (Wildman–Crippen LogP) is 3.12. The molecular weight excluding hydrogens is 366 g/mol. The molecule has 148 valence electrons. The van der Waals surface area contributed by atoms with Crippen molar-refractivity contribution in [2.24, 2.45) is 7.05 Å². The Morgan fingerprint density at radius 1 is 1.03 bits per heavy atom. The average Bonchev–Trinajstić information content (AvgIpc) is 3.12. The zero-order valence-electron chi connectivity index (χ0n) is 16.3. The van der Waals surface area contributed by atoms with Gasteiger partial charge in [-0.25, -0.2) is 4.79 Å². The van der Waals surface area contributed by atoms with Gasteiger partial charge in [-0.1, -0.05) is 30.3 Å². The van der Waals surface area contributed by atoms with Crippen LogP contribution in [-0.4, -0.2) is 31.1 Å². The van der Waals surface area contributed by atoms with Gasteiger partial charge in [0.25, 0.3) is 5.91 Å². The minimum Gasteiger partial charge on any atom is -0.493 e. The van der Waals surface area contributed by atoms with Crippen LogP contribution in [0.1, 0.15) is 40.7 Å². The van der Waals surface area contributed by atoms with E-state index in [0.29, 0.717) is 19.1 Å². The van der Waals surface area contributed by atoms with E-state index < -0.39 is 0 Å². The molecule has 29 heavy (non-hydrogen) atoms. The van der Waals surface area contributed by atoms with E-state index in [4.69, 9.17) is 0 Å². The molecule has 1 saturated carbocycles. The Kier molecular flexibility index (Phi) is 4.08. The topological polar surface area (TPSA) is 67.5 Å². The molecule has 2 heterocycles. The van der Waals surface area contributed by atoms with Crippen molar-refractivity contribution < 1.29 is 9.90 Å². The highest BCUT2D eigenvalue weighted by atomic mass is 16.3. The maximum absolute atomic E-state index is 12.6. The molecule has 0 saturated heterocycles. The fourth-order valence-electron chi connectivity index (χ4n) is 4.20. The molecule has 3 aromatic rings. The van der Waals surface area contributed by atoms with Crippen LogP contribution in [0.4, 0.5) is 0 Å². The van der Waals surface area contributed by atoms with Gasteiger partial charge in [0.15, 0.2) is 0 Å². The Balaban J connectivity index is 1.36. The summed E-state index contributed by atoms with van der Waals surface area (Å²) in [5.74, 6) is 0.124. The number of carbonyl (C=O) groups excluding carboxylic acids is 1. The summed E-state index contributed by atoms with van der Waals surface area (Å²) >= 11 is 0. The molecule has 0 spiro atoms. The normalized spacial score (nSPS) is 16.2. The van der Waals surface area contributed by atoms with Crippen LogP contribution in [0.15, 0.2) is 53.5 Å². The Bertz CT molecular complexity index is 1150. The lowest BCUT2D eigenvalue weighted by Crippen LogP contribution is -2.40. The van der Waals surface area contributed by atoms with Crippen molar-refractivity contribution in [1.29, 1.82) is 0 Å². The molecule has 1 aliphatic heterocycles. The number of rotatable bonds is 4. The summed E-state index contributed by atoms with van der Waals surface area (Å²) in [6.07, 6.45) is 4.91. The van der Waals surface area contributed by atoms with Gasteiger partial charge in [0.2, 0.25) is 5.88 Å². The largest absolute Gasteiger partial charge is 0.493 e. The smallest absolute Gasteiger partial charge is 0.331 e. The highest BCUT2D eigenvalue weighted by Crippen LogP contribution is 2.34. The van der Waals surface area contributed by atoms with Gasteiger partial charge in [-0.05, 0) is 53.6 Å². The predicted molar refractivity (Wildman–Crippen MR) is 110 cm³/mol. The summed E-state index contributed by atoms with van der Waals surface area (Å²) in [6, 6.07) is 14.5. The van der Waals surface area contributed by atoms with Crippen molar-refractivity contribution in [3.8, 4) is 17.0 Å². The van der Waals surface area contributed by atoms with E-state index >= 15 is 0 Å². The molecule has 0 radical (unpaired) electrons. The van der Waals surface area contributed by atoms with E-state index in [1.54, 1.807) is 7.05 Å². The second-order valence-corrected chi connectivity index (χ2v) is 8.04. The molecule has 1 amide bonds. The highest BCUT2D eigenvalue weighted by molar-refractivity contribution is 5.99. The summed E-state index contributed by atoms with van der Waals surface area (Å²) < 4.78 is 2.70. The fourth-order valence-corrected chi connectivity index (χ4v) is 4.20. The molecule has 2 aliphatic rings. The van der Waals surface area contributed by atoms with Gasteiger partial charge >= 0.3 is 5.69 Å². The standard InChI is InChI=1S/C23H23N3O3/c1-24-21(27)14-25(23(24)29)12-15-5-7-16(8-6-15)17-9-10-20-18(11-17)13-26(22(20)28)19-3-2-4-19/h5-11,14,19,27H,2-4,12-13H2,1H3. The van der Waals surface area contributed by atoms with Crippen LogP contribution in [0.3, 0.4) is 0 Å². The van der Waals surface area contributed by atoms with Gasteiger partial charge in [-0.15, -0.1) is 0 Å². The number of carbonyl (C=O) groups is 1. The number of aromatic nitrogens is 2. The van der Waals surface area contributed by atoms with E-state index in [1.165, 1.54) is 21.8 Å². The van der Waals surface area contributed by atoms with Crippen molar-refractivity contribution in [2.75, 3.05) is 0 Å². The molecule has 0 bridgehead atoms. The van der Waals surface area contributed by atoms with Gasteiger partial charge in [0.05, 0.1) is 12.7 Å². The maximum atomic E-state index is 12.6. The molecule has 1 N–H and O–H groups in total. The lowest BCUT2D eigenvalue weighted by Gasteiger charge is -2.34. The van der Waals surface area contributed by atoms with E-state index in [1.807, 2.05) is 41.3 Å². The number of fused-ring (bicyclic) bond motifs is 1. The third-order valence-electron chi connectivity index (χ3n) is 6.24. The minimum absolute atomic E-state index is 0.0461. The van der Waals surface area contributed by atoms with Gasteiger partial charge in [-0.2, -0.15) is 0 Å². The second kappa shape index (κ2) is 6.65. The number of amides is 1. The Labute approximate surface area is 168 Å². The number of aromatic hydroxyl groups is 1. The van der Waals surface area contributed by atoms with Crippen LogP contribution in [-0.2, 0) is 20.1 Å². The Morgan fingerprint density at radius 3 is 2.38 bits per heavy atom. The van der Waals surface area contributed by atoms with Gasteiger partial charge in [-0.3, -0.25) is 13.9 Å². The summed E-state index contributed by atoms with van der Waals surface area (Å²) in [4.78, 5) is 26.7. The third kappa shape index (κ3) is 2.95. The molecule has 1 aromatic heterocycles. The second-order valence-electron chi connectivity index (χ2n) is 8.04.